The molecule has 0 bridgehead atoms. The average Bonchev–Trinajstić information content (AvgIpc) is 2.16. The van der Waals surface area contributed by atoms with Crippen molar-refractivity contribution in [3.63, 3.8) is 0 Å². The van der Waals surface area contributed by atoms with Gasteiger partial charge in [-0.25, -0.2) is 0 Å². The molecule has 0 aromatic rings. The van der Waals surface area contributed by atoms with Crippen LogP contribution in [0.15, 0.2) is 4.99 Å². The van der Waals surface area contributed by atoms with E-state index in [9.17, 15) is 0 Å². The van der Waals surface area contributed by atoms with Crippen LogP contribution in [0.25, 0.3) is 0 Å². The SMILES string of the molecule is CCOCCCCNC(=NC)N(C)C. The van der Waals surface area contributed by atoms with Crippen molar-refractivity contribution in [2.75, 3.05) is 40.9 Å². The van der Waals surface area contributed by atoms with Gasteiger partial charge in [-0.3, -0.25) is 4.99 Å². The first-order valence-corrected chi connectivity index (χ1v) is 5.18. The molecule has 0 atom stereocenters. The Morgan fingerprint density at radius 3 is 2.57 bits per heavy atom. The van der Waals surface area contributed by atoms with Crippen molar-refractivity contribution in [1.82, 2.24) is 10.2 Å². The van der Waals surface area contributed by atoms with E-state index in [4.69, 9.17) is 4.74 Å². The highest BCUT2D eigenvalue weighted by Crippen LogP contribution is 1.89. The number of rotatable bonds is 6. The molecule has 0 amide bonds. The Kier molecular flexibility index (Phi) is 8.33. The number of aliphatic imine (C=N–C) groups is 1. The summed E-state index contributed by atoms with van der Waals surface area (Å²) in [5.74, 6) is 0.932. The zero-order valence-electron chi connectivity index (χ0n) is 9.84. The smallest absolute Gasteiger partial charge is 0.193 e. The van der Waals surface area contributed by atoms with Crippen LogP contribution in [-0.2, 0) is 4.74 Å². The summed E-state index contributed by atoms with van der Waals surface area (Å²) in [6.45, 7) is 4.65. The predicted molar refractivity (Wildman–Crippen MR) is 60.8 cm³/mol. The Labute approximate surface area is 87.3 Å². The van der Waals surface area contributed by atoms with Crippen LogP contribution in [0.4, 0.5) is 0 Å². The van der Waals surface area contributed by atoms with Gasteiger partial charge in [-0.15, -0.1) is 0 Å². The number of hydrogen-bond acceptors (Lipinski definition) is 2. The van der Waals surface area contributed by atoms with Gasteiger partial charge in [0.05, 0.1) is 0 Å². The summed E-state index contributed by atoms with van der Waals surface area (Å²) < 4.78 is 5.25. The number of guanidine groups is 1. The summed E-state index contributed by atoms with van der Waals surface area (Å²) in [7, 11) is 5.76. The number of nitrogens with zero attached hydrogens (tertiary/aromatic N) is 2. The molecule has 0 aliphatic heterocycles. The Morgan fingerprint density at radius 1 is 1.36 bits per heavy atom. The minimum absolute atomic E-state index is 0.812. The molecule has 0 aliphatic rings. The third kappa shape index (κ3) is 6.71. The highest BCUT2D eigenvalue weighted by atomic mass is 16.5. The monoisotopic (exact) mass is 201 g/mol. The van der Waals surface area contributed by atoms with Crippen molar-refractivity contribution in [3.05, 3.63) is 0 Å². The second kappa shape index (κ2) is 8.81. The maximum Gasteiger partial charge on any atom is 0.193 e. The van der Waals surface area contributed by atoms with Gasteiger partial charge in [0, 0.05) is 40.9 Å². The van der Waals surface area contributed by atoms with E-state index in [1.165, 1.54) is 0 Å². The zero-order valence-corrected chi connectivity index (χ0v) is 9.84. The maximum atomic E-state index is 5.25. The van der Waals surface area contributed by atoms with E-state index in [-0.39, 0.29) is 0 Å². The standard InChI is InChI=1S/C10H23N3O/c1-5-14-9-7-6-8-12-10(11-2)13(3)4/h5-9H2,1-4H3,(H,11,12). The Hall–Kier alpha value is -0.770. The van der Waals surface area contributed by atoms with Crippen LogP contribution in [0.3, 0.4) is 0 Å². The van der Waals surface area contributed by atoms with Crippen LogP contribution in [0.1, 0.15) is 19.8 Å². The van der Waals surface area contributed by atoms with Crippen LogP contribution in [0.5, 0.6) is 0 Å². The summed E-state index contributed by atoms with van der Waals surface area (Å²) in [4.78, 5) is 6.10. The first-order valence-electron chi connectivity index (χ1n) is 5.18. The Morgan fingerprint density at radius 2 is 2.07 bits per heavy atom. The first kappa shape index (κ1) is 13.2. The van der Waals surface area contributed by atoms with Crippen molar-refractivity contribution >= 4 is 5.96 Å². The van der Waals surface area contributed by atoms with E-state index < -0.39 is 0 Å². The number of hydrogen-bond donors (Lipinski definition) is 1. The van der Waals surface area contributed by atoms with Gasteiger partial charge in [-0.2, -0.15) is 0 Å². The van der Waals surface area contributed by atoms with Crippen molar-refractivity contribution in [1.29, 1.82) is 0 Å². The van der Waals surface area contributed by atoms with Crippen LogP contribution in [-0.4, -0.2) is 51.8 Å². The fourth-order valence-corrected chi connectivity index (χ4v) is 1.11. The molecule has 0 aromatic carbocycles. The number of unbranched alkanes of at least 4 members (excludes halogenated alkanes) is 1. The Balaban J connectivity index is 3.35. The molecule has 0 saturated carbocycles. The first-order chi connectivity index (χ1) is 6.72. The third-order valence-corrected chi connectivity index (χ3v) is 1.84. The molecular weight excluding hydrogens is 178 g/mol. The van der Waals surface area contributed by atoms with Gasteiger partial charge in [0.15, 0.2) is 5.96 Å². The molecule has 0 spiro atoms. The summed E-state index contributed by atoms with van der Waals surface area (Å²) >= 11 is 0. The molecule has 0 saturated heterocycles. The number of nitrogens with one attached hydrogen (secondary N) is 1. The lowest BCUT2D eigenvalue weighted by Gasteiger charge is -2.16. The molecule has 14 heavy (non-hydrogen) atoms. The molecule has 4 heteroatoms. The Bertz CT molecular complexity index is 157. The van der Waals surface area contributed by atoms with E-state index >= 15 is 0 Å². The maximum absolute atomic E-state index is 5.25. The predicted octanol–water partition coefficient (Wildman–Crippen LogP) is 0.940. The van der Waals surface area contributed by atoms with Crippen LogP contribution in [0, 0.1) is 0 Å². The zero-order chi connectivity index (χ0) is 10.8. The minimum atomic E-state index is 0.812. The fraction of sp³-hybridized carbons (Fsp3) is 0.900. The third-order valence-electron chi connectivity index (χ3n) is 1.84. The molecule has 0 radical (unpaired) electrons. The molecule has 1 N–H and O–H groups in total. The summed E-state index contributed by atoms with van der Waals surface area (Å²) in [6.07, 6.45) is 2.22. The van der Waals surface area contributed by atoms with Gasteiger partial charge in [0.25, 0.3) is 0 Å². The minimum Gasteiger partial charge on any atom is -0.382 e. The van der Waals surface area contributed by atoms with Gasteiger partial charge in [0.1, 0.15) is 0 Å². The van der Waals surface area contributed by atoms with E-state index in [0.717, 1.165) is 38.6 Å². The summed E-state index contributed by atoms with van der Waals surface area (Å²) in [5.41, 5.74) is 0. The lowest BCUT2D eigenvalue weighted by Crippen LogP contribution is -2.36. The second-order valence-corrected chi connectivity index (χ2v) is 3.27. The van der Waals surface area contributed by atoms with Crippen LogP contribution < -0.4 is 5.32 Å². The molecule has 4 nitrogen and oxygen atoms in total. The van der Waals surface area contributed by atoms with Crippen molar-refractivity contribution in [2.24, 2.45) is 4.99 Å². The molecule has 0 fully saturated rings. The van der Waals surface area contributed by atoms with Gasteiger partial charge in [0.2, 0.25) is 0 Å². The molecule has 0 aliphatic carbocycles. The lowest BCUT2D eigenvalue weighted by atomic mass is 10.3. The van der Waals surface area contributed by atoms with Gasteiger partial charge in [-0.05, 0) is 19.8 Å². The quantitative estimate of drug-likeness (QED) is 0.395. The van der Waals surface area contributed by atoms with Crippen LogP contribution in [0.2, 0.25) is 0 Å². The fourth-order valence-electron chi connectivity index (χ4n) is 1.11. The average molecular weight is 201 g/mol. The molecule has 84 valence electrons. The molecular formula is C10H23N3O. The highest BCUT2D eigenvalue weighted by molar-refractivity contribution is 5.79. The van der Waals surface area contributed by atoms with Crippen molar-refractivity contribution < 1.29 is 4.74 Å². The van der Waals surface area contributed by atoms with E-state index in [1.807, 2.05) is 25.9 Å². The van der Waals surface area contributed by atoms with E-state index in [0.29, 0.717) is 0 Å². The van der Waals surface area contributed by atoms with Crippen molar-refractivity contribution in [2.45, 2.75) is 19.8 Å². The van der Waals surface area contributed by atoms with E-state index in [1.54, 1.807) is 7.05 Å². The molecule has 0 rings (SSSR count). The largest absolute Gasteiger partial charge is 0.382 e. The lowest BCUT2D eigenvalue weighted by molar-refractivity contribution is 0.143. The second-order valence-electron chi connectivity index (χ2n) is 3.27. The van der Waals surface area contributed by atoms with Crippen molar-refractivity contribution in [3.8, 4) is 0 Å². The highest BCUT2D eigenvalue weighted by Gasteiger charge is 1.97. The topological polar surface area (TPSA) is 36.9 Å². The summed E-state index contributed by atoms with van der Waals surface area (Å²) in [6, 6.07) is 0. The van der Waals surface area contributed by atoms with Gasteiger partial charge >= 0.3 is 0 Å². The molecule has 0 heterocycles. The summed E-state index contributed by atoms with van der Waals surface area (Å²) in [5, 5.41) is 3.27. The molecule has 0 aromatic heterocycles. The van der Waals surface area contributed by atoms with Crippen LogP contribution >= 0.6 is 0 Å². The van der Waals surface area contributed by atoms with Gasteiger partial charge in [-0.1, -0.05) is 0 Å². The normalized spacial score (nSPS) is 11.6. The molecule has 0 unspecified atom stereocenters. The number of ether oxygens (including phenoxy) is 1. The van der Waals surface area contributed by atoms with Gasteiger partial charge < -0.3 is 15.0 Å². The van der Waals surface area contributed by atoms with E-state index in [2.05, 4.69) is 10.3 Å².